The zero-order chi connectivity index (χ0) is 36.6. The molecule has 0 aromatic carbocycles. The van der Waals surface area contributed by atoms with Gasteiger partial charge in [-0.1, -0.05) is 174 Å². The number of hydrogen-bond acceptors (Lipinski definition) is 6. The van der Waals surface area contributed by atoms with Crippen LogP contribution in [-0.2, 0) is 14.2 Å². The van der Waals surface area contributed by atoms with Crippen LogP contribution in [0.3, 0.4) is 0 Å². The monoisotopic (exact) mass is 710 g/mol. The van der Waals surface area contributed by atoms with E-state index in [1.165, 1.54) is 141 Å². The second-order valence-electron chi connectivity index (χ2n) is 15.3. The molecule has 0 aromatic heterocycles. The zero-order valence-corrected chi connectivity index (χ0v) is 34.1. The van der Waals surface area contributed by atoms with Gasteiger partial charge in [0.1, 0.15) is 6.10 Å². The minimum atomic E-state index is -0.558. The van der Waals surface area contributed by atoms with E-state index in [0.29, 0.717) is 13.2 Å². The van der Waals surface area contributed by atoms with Gasteiger partial charge >= 0.3 is 6.16 Å². The molecule has 0 fully saturated rings. The molecule has 1 unspecified atom stereocenters. The van der Waals surface area contributed by atoms with Crippen LogP contribution in [0.4, 0.5) is 4.79 Å². The first-order chi connectivity index (χ1) is 24.5. The van der Waals surface area contributed by atoms with Crippen molar-refractivity contribution in [3.63, 3.8) is 0 Å². The molecule has 0 heterocycles. The quantitative estimate of drug-likeness (QED) is 0.0388. The third kappa shape index (κ3) is 39.7. The maximum Gasteiger partial charge on any atom is 0.508 e. The van der Waals surface area contributed by atoms with E-state index >= 15 is 0 Å². The van der Waals surface area contributed by atoms with Gasteiger partial charge in [-0.3, -0.25) is 0 Å². The van der Waals surface area contributed by atoms with Crippen molar-refractivity contribution >= 4 is 6.16 Å². The van der Waals surface area contributed by atoms with Crippen molar-refractivity contribution in [3.8, 4) is 0 Å². The number of carbonyl (C=O) groups is 1. The molecule has 0 rings (SSSR count). The second-order valence-corrected chi connectivity index (χ2v) is 15.3. The number of allylic oxidation sites excluding steroid dienone is 1. The summed E-state index contributed by atoms with van der Waals surface area (Å²) in [6.07, 6.45) is 41.7. The molecule has 0 aliphatic carbocycles. The number of unbranched alkanes of at least 4 members (excludes halogenated alkanes) is 24. The SMILES string of the molecule is CCCCCCCCCCCCCCCCCCOCC(CCCCCCCC/C=C\C[C@H](O)CCCCCC)OC(=O)OCCCN(C)C. The molecule has 0 aliphatic heterocycles. The van der Waals surface area contributed by atoms with Crippen LogP contribution in [0.5, 0.6) is 0 Å². The summed E-state index contributed by atoms with van der Waals surface area (Å²) >= 11 is 0. The Kier molecular flexibility index (Phi) is 39.8. The lowest BCUT2D eigenvalue weighted by atomic mass is 10.0. The molecule has 0 radical (unpaired) electrons. The van der Waals surface area contributed by atoms with Crippen LogP contribution in [0, 0.1) is 0 Å². The van der Waals surface area contributed by atoms with E-state index in [1.807, 2.05) is 14.1 Å². The van der Waals surface area contributed by atoms with E-state index in [9.17, 15) is 9.90 Å². The topological polar surface area (TPSA) is 68.2 Å². The van der Waals surface area contributed by atoms with E-state index in [-0.39, 0.29) is 12.2 Å². The first-order valence-corrected chi connectivity index (χ1v) is 21.9. The van der Waals surface area contributed by atoms with Gasteiger partial charge in [0, 0.05) is 13.2 Å². The lowest BCUT2D eigenvalue weighted by Gasteiger charge is -2.18. The molecule has 0 saturated carbocycles. The van der Waals surface area contributed by atoms with Crippen molar-refractivity contribution in [3.05, 3.63) is 12.2 Å². The zero-order valence-electron chi connectivity index (χ0n) is 34.1. The predicted molar refractivity (Wildman–Crippen MR) is 215 cm³/mol. The van der Waals surface area contributed by atoms with Gasteiger partial charge in [-0.15, -0.1) is 0 Å². The summed E-state index contributed by atoms with van der Waals surface area (Å²) in [5.74, 6) is 0. The van der Waals surface area contributed by atoms with Crippen molar-refractivity contribution in [2.24, 2.45) is 0 Å². The largest absolute Gasteiger partial charge is 0.508 e. The third-order valence-corrected chi connectivity index (χ3v) is 9.79. The smallest absolute Gasteiger partial charge is 0.434 e. The fraction of sp³-hybridized carbons (Fsp3) is 0.932. The first kappa shape index (κ1) is 48.9. The molecule has 1 N–H and O–H groups in total. The number of aliphatic hydroxyl groups excluding tert-OH is 1. The lowest BCUT2D eigenvalue weighted by molar-refractivity contribution is -0.0211. The van der Waals surface area contributed by atoms with E-state index < -0.39 is 6.16 Å². The number of ether oxygens (including phenoxy) is 3. The van der Waals surface area contributed by atoms with E-state index in [2.05, 4.69) is 30.9 Å². The summed E-state index contributed by atoms with van der Waals surface area (Å²) < 4.78 is 17.0. The van der Waals surface area contributed by atoms with Crippen LogP contribution >= 0.6 is 0 Å². The molecule has 0 amide bonds. The van der Waals surface area contributed by atoms with E-state index in [1.54, 1.807) is 0 Å². The van der Waals surface area contributed by atoms with Gasteiger partial charge in [0.25, 0.3) is 0 Å². The first-order valence-electron chi connectivity index (χ1n) is 21.9. The maximum absolute atomic E-state index is 12.3. The second kappa shape index (κ2) is 40.7. The summed E-state index contributed by atoms with van der Waals surface area (Å²) in [6, 6.07) is 0. The fourth-order valence-electron chi connectivity index (χ4n) is 6.49. The highest BCUT2D eigenvalue weighted by molar-refractivity contribution is 5.60. The summed E-state index contributed by atoms with van der Waals surface area (Å²) in [7, 11) is 4.04. The van der Waals surface area contributed by atoms with Crippen LogP contribution in [0.15, 0.2) is 12.2 Å². The molecule has 0 bridgehead atoms. The van der Waals surface area contributed by atoms with Crippen LogP contribution < -0.4 is 0 Å². The van der Waals surface area contributed by atoms with Crippen LogP contribution in [0.25, 0.3) is 0 Å². The Bertz CT molecular complexity index is 700. The van der Waals surface area contributed by atoms with Gasteiger partial charge in [-0.05, 0) is 65.5 Å². The molecule has 6 nitrogen and oxygen atoms in total. The molecule has 298 valence electrons. The Morgan fingerprint density at radius 3 is 1.62 bits per heavy atom. The van der Waals surface area contributed by atoms with Crippen molar-refractivity contribution in [2.75, 3.05) is 40.5 Å². The highest BCUT2D eigenvalue weighted by Gasteiger charge is 2.16. The number of carbonyl (C=O) groups excluding carboxylic acids is 1. The van der Waals surface area contributed by atoms with Gasteiger partial charge in [0.2, 0.25) is 0 Å². The number of hydrogen-bond donors (Lipinski definition) is 1. The maximum atomic E-state index is 12.3. The van der Waals surface area contributed by atoms with E-state index in [4.69, 9.17) is 14.2 Å². The number of aliphatic hydroxyl groups is 1. The Balaban J connectivity index is 3.97. The normalized spacial score (nSPS) is 13.0. The molecular weight excluding hydrogens is 622 g/mol. The van der Waals surface area contributed by atoms with Crippen LogP contribution in [0.2, 0.25) is 0 Å². The standard InChI is InChI=1S/C44H87NO5/c1-5-7-9-11-12-13-14-15-16-17-18-19-23-26-29-33-39-48-41-43(50-44(47)49-40-34-38-45(3)4)37-32-28-25-22-20-21-24-27-31-36-42(46)35-30-10-8-6-2/h27,31,42-43,46H,5-26,28-30,32-41H2,1-4H3/b31-27-/t42-,43?/m1/s1. The third-order valence-electron chi connectivity index (χ3n) is 9.79. The van der Waals surface area contributed by atoms with Crippen molar-refractivity contribution in [2.45, 2.75) is 225 Å². The summed E-state index contributed by atoms with van der Waals surface area (Å²) in [6.45, 7) is 6.99. The van der Waals surface area contributed by atoms with Crippen molar-refractivity contribution in [1.82, 2.24) is 4.90 Å². The minimum Gasteiger partial charge on any atom is -0.434 e. The molecular formula is C44H87NO5. The highest BCUT2D eigenvalue weighted by Crippen LogP contribution is 2.16. The summed E-state index contributed by atoms with van der Waals surface area (Å²) in [5, 5.41) is 10.1. The molecule has 2 atom stereocenters. The molecule has 0 spiro atoms. The summed E-state index contributed by atoms with van der Waals surface area (Å²) in [5.41, 5.74) is 0. The van der Waals surface area contributed by atoms with Gasteiger partial charge in [-0.25, -0.2) is 4.79 Å². The predicted octanol–water partition coefficient (Wildman–Crippen LogP) is 13.1. The van der Waals surface area contributed by atoms with E-state index in [0.717, 1.165) is 70.9 Å². The Morgan fingerprint density at radius 2 is 1.06 bits per heavy atom. The average molecular weight is 710 g/mol. The lowest BCUT2D eigenvalue weighted by Crippen LogP contribution is -2.25. The van der Waals surface area contributed by atoms with Crippen LogP contribution in [-0.4, -0.2) is 68.8 Å². The number of nitrogens with zero attached hydrogens (tertiary/aromatic N) is 1. The minimum absolute atomic E-state index is 0.176. The fourth-order valence-corrected chi connectivity index (χ4v) is 6.49. The number of rotatable bonds is 40. The average Bonchev–Trinajstić information content (AvgIpc) is 3.10. The molecule has 0 aromatic rings. The molecule has 50 heavy (non-hydrogen) atoms. The van der Waals surface area contributed by atoms with Gasteiger partial charge in [0.15, 0.2) is 0 Å². The molecule has 0 saturated heterocycles. The molecule has 6 heteroatoms. The Hall–Kier alpha value is -1.11. The Morgan fingerprint density at radius 1 is 0.580 bits per heavy atom. The molecule has 0 aliphatic rings. The Labute approximate surface area is 312 Å². The van der Waals surface area contributed by atoms with Gasteiger partial charge < -0.3 is 24.2 Å². The van der Waals surface area contributed by atoms with Crippen molar-refractivity contribution in [1.29, 1.82) is 0 Å². The van der Waals surface area contributed by atoms with Gasteiger partial charge in [0.05, 0.1) is 19.3 Å². The highest BCUT2D eigenvalue weighted by atomic mass is 16.7. The van der Waals surface area contributed by atoms with Gasteiger partial charge in [-0.2, -0.15) is 0 Å². The summed E-state index contributed by atoms with van der Waals surface area (Å²) in [4.78, 5) is 14.4. The van der Waals surface area contributed by atoms with Crippen LogP contribution in [0.1, 0.15) is 213 Å². The van der Waals surface area contributed by atoms with Crippen molar-refractivity contribution < 1.29 is 24.1 Å².